The Morgan fingerprint density at radius 2 is 1.95 bits per heavy atom. The quantitative estimate of drug-likeness (QED) is 0.582. The van der Waals surface area contributed by atoms with E-state index in [-0.39, 0.29) is 11.7 Å². The van der Waals surface area contributed by atoms with Crippen molar-refractivity contribution < 1.29 is 0 Å². The Bertz CT molecular complexity index is 836. The molecular formula is C14H13Br2N3OS. The van der Waals surface area contributed by atoms with Gasteiger partial charge in [0, 0.05) is 13.8 Å². The minimum absolute atomic E-state index is 0.0709. The number of fused-ring (bicyclic) bond motifs is 1. The zero-order valence-corrected chi connectivity index (χ0v) is 15.2. The molecule has 0 aliphatic heterocycles. The first-order valence-electron chi connectivity index (χ1n) is 6.48. The lowest BCUT2D eigenvalue weighted by molar-refractivity contribution is 0.636. The molecule has 0 saturated carbocycles. The summed E-state index contributed by atoms with van der Waals surface area (Å²) in [4.78, 5) is 18.3. The lowest BCUT2D eigenvalue weighted by Gasteiger charge is -2.19. The average Bonchev–Trinajstić information content (AvgIpc) is 3.00. The van der Waals surface area contributed by atoms with Gasteiger partial charge in [0.05, 0.1) is 17.1 Å². The van der Waals surface area contributed by atoms with Crippen LogP contribution in [0.5, 0.6) is 0 Å². The summed E-state index contributed by atoms with van der Waals surface area (Å²) in [6.45, 7) is 2.93. The highest BCUT2D eigenvalue weighted by Crippen LogP contribution is 2.37. The standard InChI is InChI=1S/C14H13Br2N3OS/c1-2-17-12(13-8(15)3-4-21-13)7-5-10-11(6-9(7)16)19-14(20)18-10/h3-6,12,17H,2H2,1H3,(H2,18,19,20). The van der Waals surface area contributed by atoms with Crippen molar-refractivity contribution in [3.63, 3.8) is 0 Å². The van der Waals surface area contributed by atoms with Crippen molar-refractivity contribution in [2.45, 2.75) is 13.0 Å². The van der Waals surface area contributed by atoms with Gasteiger partial charge in [0.25, 0.3) is 0 Å². The van der Waals surface area contributed by atoms with E-state index in [1.165, 1.54) is 4.88 Å². The molecule has 3 aromatic rings. The molecule has 3 rings (SSSR count). The highest BCUT2D eigenvalue weighted by atomic mass is 79.9. The first kappa shape index (κ1) is 15.0. The van der Waals surface area contributed by atoms with Crippen molar-refractivity contribution in [2.75, 3.05) is 6.54 Å². The molecule has 2 heterocycles. The van der Waals surface area contributed by atoms with Gasteiger partial charge >= 0.3 is 5.69 Å². The van der Waals surface area contributed by atoms with E-state index >= 15 is 0 Å². The lowest BCUT2D eigenvalue weighted by Crippen LogP contribution is -2.21. The number of thiophene rings is 1. The minimum Gasteiger partial charge on any atom is -0.306 e. The number of H-pyrrole nitrogens is 2. The summed E-state index contributed by atoms with van der Waals surface area (Å²) in [6, 6.07) is 6.07. The van der Waals surface area contributed by atoms with Crippen LogP contribution >= 0.6 is 43.2 Å². The van der Waals surface area contributed by atoms with Gasteiger partial charge < -0.3 is 15.3 Å². The van der Waals surface area contributed by atoms with E-state index in [9.17, 15) is 4.79 Å². The molecule has 0 aliphatic rings. The number of benzene rings is 1. The van der Waals surface area contributed by atoms with Gasteiger partial charge in [-0.3, -0.25) is 0 Å². The van der Waals surface area contributed by atoms with Gasteiger partial charge in [-0.05, 0) is 51.6 Å². The van der Waals surface area contributed by atoms with Crippen molar-refractivity contribution in [3.05, 3.63) is 53.4 Å². The zero-order valence-electron chi connectivity index (χ0n) is 11.2. The predicted octanol–water partition coefficient (Wildman–Crippen LogP) is 4.14. The van der Waals surface area contributed by atoms with Gasteiger partial charge in [0.2, 0.25) is 0 Å². The Kier molecular flexibility index (Phi) is 4.35. The molecule has 21 heavy (non-hydrogen) atoms. The van der Waals surface area contributed by atoms with Crippen molar-refractivity contribution in [1.29, 1.82) is 0 Å². The summed E-state index contributed by atoms with van der Waals surface area (Å²) in [7, 11) is 0. The summed E-state index contributed by atoms with van der Waals surface area (Å²) in [5.74, 6) is 0. The van der Waals surface area contributed by atoms with Crippen LogP contribution in [0.3, 0.4) is 0 Å². The molecule has 4 nitrogen and oxygen atoms in total. The number of halogens is 2. The van der Waals surface area contributed by atoms with E-state index in [1.54, 1.807) is 11.3 Å². The largest absolute Gasteiger partial charge is 0.323 e. The van der Waals surface area contributed by atoms with Crippen LogP contribution in [0.2, 0.25) is 0 Å². The van der Waals surface area contributed by atoms with E-state index in [4.69, 9.17) is 0 Å². The molecule has 0 spiro atoms. The second kappa shape index (κ2) is 6.08. The molecule has 0 saturated heterocycles. The fourth-order valence-electron chi connectivity index (χ4n) is 2.35. The molecule has 0 radical (unpaired) electrons. The first-order valence-corrected chi connectivity index (χ1v) is 8.94. The molecule has 1 atom stereocenters. The van der Waals surface area contributed by atoms with E-state index in [1.807, 2.05) is 12.1 Å². The van der Waals surface area contributed by atoms with Crippen LogP contribution in [0, 0.1) is 0 Å². The lowest BCUT2D eigenvalue weighted by atomic mass is 10.0. The number of nitrogens with one attached hydrogen (secondary N) is 3. The maximum absolute atomic E-state index is 11.4. The number of imidazole rings is 1. The Balaban J connectivity index is 2.17. The van der Waals surface area contributed by atoms with Crippen LogP contribution in [-0.4, -0.2) is 16.5 Å². The molecule has 0 aliphatic carbocycles. The zero-order chi connectivity index (χ0) is 15.0. The summed E-state index contributed by atoms with van der Waals surface area (Å²) >= 11 is 8.93. The number of hydrogen-bond acceptors (Lipinski definition) is 3. The number of aromatic amines is 2. The molecule has 0 fully saturated rings. The van der Waals surface area contributed by atoms with Crippen molar-refractivity contribution >= 4 is 54.2 Å². The van der Waals surface area contributed by atoms with Gasteiger partial charge in [-0.25, -0.2) is 4.79 Å². The molecule has 2 aromatic heterocycles. The second-order valence-corrected chi connectivity index (χ2v) is 7.28. The Labute approximate surface area is 142 Å². The van der Waals surface area contributed by atoms with Crippen molar-refractivity contribution in [2.24, 2.45) is 0 Å². The Morgan fingerprint density at radius 3 is 2.57 bits per heavy atom. The van der Waals surface area contributed by atoms with Crippen LogP contribution in [0.1, 0.15) is 23.4 Å². The Hall–Kier alpha value is -0.890. The topological polar surface area (TPSA) is 60.7 Å². The third-order valence-electron chi connectivity index (χ3n) is 3.26. The fraction of sp³-hybridized carbons (Fsp3) is 0.214. The third kappa shape index (κ3) is 2.88. The smallest absolute Gasteiger partial charge is 0.306 e. The molecular weight excluding hydrogens is 418 g/mol. The number of aromatic nitrogens is 2. The SMILES string of the molecule is CCNC(c1cc2[nH]c(=O)[nH]c2cc1Br)c1sccc1Br. The predicted molar refractivity (Wildman–Crippen MR) is 94.2 cm³/mol. The van der Waals surface area contributed by atoms with Gasteiger partial charge in [-0.15, -0.1) is 11.3 Å². The normalized spacial score (nSPS) is 12.9. The Morgan fingerprint density at radius 1 is 1.24 bits per heavy atom. The molecule has 110 valence electrons. The minimum atomic E-state index is -0.189. The van der Waals surface area contributed by atoms with Gasteiger partial charge in [0.1, 0.15) is 0 Å². The fourth-order valence-corrected chi connectivity index (χ4v) is 4.62. The maximum atomic E-state index is 11.4. The van der Waals surface area contributed by atoms with Crippen LogP contribution < -0.4 is 11.0 Å². The van der Waals surface area contributed by atoms with E-state index < -0.39 is 0 Å². The summed E-state index contributed by atoms with van der Waals surface area (Å²) in [6.07, 6.45) is 0. The number of hydrogen-bond donors (Lipinski definition) is 3. The highest BCUT2D eigenvalue weighted by molar-refractivity contribution is 9.10. The second-order valence-electron chi connectivity index (χ2n) is 4.62. The molecule has 1 unspecified atom stereocenters. The first-order chi connectivity index (χ1) is 10.1. The van der Waals surface area contributed by atoms with Crippen LogP contribution in [0.25, 0.3) is 11.0 Å². The summed E-state index contributed by atoms with van der Waals surface area (Å²) < 4.78 is 2.06. The number of rotatable bonds is 4. The van der Waals surface area contributed by atoms with Crippen molar-refractivity contribution in [1.82, 2.24) is 15.3 Å². The van der Waals surface area contributed by atoms with Crippen molar-refractivity contribution in [3.8, 4) is 0 Å². The van der Waals surface area contributed by atoms with E-state index in [0.717, 1.165) is 32.1 Å². The van der Waals surface area contributed by atoms with Gasteiger partial charge in [-0.2, -0.15) is 0 Å². The van der Waals surface area contributed by atoms with E-state index in [0.29, 0.717) is 0 Å². The van der Waals surface area contributed by atoms with Gasteiger partial charge in [-0.1, -0.05) is 22.9 Å². The van der Waals surface area contributed by atoms with E-state index in [2.05, 4.69) is 65.5 Å². The molecule has 7 heteroatoms. The summed E-state index contributed by atoms with van der Waals surface area (Å²) in [5, 5.41) is 5.57. The molecule has 0 amide bonds. The third-order valence-corrected chi connectivity index (χ3v) is 5.88. The highest BCUT2D eigenvalue weighted by Gasteiger charge is 2.20. The van der Waals surface area contributed by atoms with Crippen LogP contribution in [0.4, 0.5) is 0 Å². The average molecular weight is 431 g/mol. The molecule has 0 bridgehead atoms. The van der Waals surface area contributed by atoms with Crippen LogP contribution in [0.15, 0.2) is 37.3 Å². The molecule has 3 N–H and O–H groups in total. The molecule has 1 aromatic carbocycles. The maximum Gasteiger partial charge on any atom is 0.323 e. The monoisotopic (exact) mass is 429 g/mol. The summed E-state index contributed by atoms with van der Waals surface area (Å²) in [5.41, 5.74) is 2.53. The van der Waals surface area contributed by atoms with Crippen LogP contribution in [-0.2, 0) is 0 Å². The van der Waals surface area contributed by atoms with Gasteiger partial charge in [0.15, 0.2) is 0 Å².